The van der Waals surface area contributed by atoms with Crippen LogP contribution in [0.2, 0.25) is 0 Å². The van der Waals surface area contributed by atoms with Gasteiger partial charge in [-0.2, -0.15) is 0 Å². The number of hydrogen-bond donors (Lipinski definition) is 1. The molecule has 0 spiro atoms. The molecule has 0 aromatic heterocycles. The minimum Gasteiger partial charge on any atom is -0.369 e. The van der Waals surface area contributed by atoms with Gasteiger partial charge in [0.2, 0.25) is 11.8 Å². The second-order valence-electron chi connectivity index (χ2n) is 8.78. The first-order valence-electron chi connectivity index (χ1n) is 9.93. The minimum absolute atomic E-state index is 0.00311. The highest BCUT2D eigenvalue weighted by Crippen LogP contribution is 2.52. The molecule has 1 aromatic rings. The zero-order valence-corrected chi connectivity index (χ0v) is 15.4. The Morgan fingerprint density at radius 1 is 1.08 bits per heavy atom. The molecule has 0 unspecified atom stereocenters. The molecule has 0 radical (unpaired) electrons. The number of benzene rings is 1. The molecule has 4 saturated heterocycles. The van der Waals surface area contributed by atoms with Gasteiger partial charge in [-0.25, -0.2) is 0 Å². The van der Waals surface area contributed by atoms with Crippen molar-refractivity contribution in [3.05, 3.63) is 35.4 Å². The van der Waals surface area contributed by atoms with Crippen molar-refractivity contribution in [1.82, 2.24) is 9.80 Å². The van der Waals surface area contributed by atoms with Gasteiger partial charge in [-0.1, -0.05) is 29.8 Å². The Hall–Kier alpha value is -1.88. The number of carbonyl (C=O) groups is 2. The second-order valence-corrected chi connectivity index (χ2v) is 8.78. The van der Waals surface area contributed by atoms with E-state index in [1.807, 2.05) is 0 Å². The van der Waals surface area contributed by atoms with Gasteiger partial charge < -0.3 is 10.6 Å². The lowest BCUT2D eigenvalue weighted by Crippen LogP contribution is -2.61. The van der Waals surface area contributed by atoms with Crippen molar-refractivity contribution in [2.24, 2.45) is 17.1 Å². The molecule has 4 heterocycles. The number of piperidine rings is 3. The summed E-state index contributed by atoms with van der Waals surface area (Å²) in [5, 5.41) is 0. The summed E-state index contributed by atoms with van der Waals surface area (Å²) in [6.45, 7) is 5.10. The summed E-state index contributed by atoms with van der Waals surface area (Å²) in [7, 11) is 0. The van der Waals surface area contributed by atoms with Gasteiger partial charge in [0.15, 0.2) is 0 Å². The molecule has 4 aliphatic heterocycles. The summed E-state index contributed by atoms with van der Waals surface area (Å²) in [5.74, 6) is 0.465. The van der Waals surface area contributed by atoms with Gasteiger partial charge in [0.05, 0.1) is 6.04 Å². The summed E-state index contributed by atoms with van der Waals surface area (Å²) in [6, 6.07) is 9.39. The van der Waals surface area contributed by atoms with Gasteiger partial charge in [0, 0.05) is 18.5 Å². The number of primary amides is 1. The Balaban J connectivity index is 1.52. The maximum absolute atomic E-state index is 13.3. The molecule has 5 aliphatic rings. The number of carbonyl (C=O) groups excluding carboxylic acids is 2. The molecule has 2 bridgehead atoms. The summed E-state index contributed by atoms with van der Waals surface area (Å²) >= 11 is 0. The van der Waals surface area contributed by atoms with E-state index in [0.29, 0.717) is 30.7 Å². The van der Waals surface area contributed by atoms with Crippen molar-refractivity contribution in [2.45, 2.75) is 50.6 Å². The first-order chi connectivity index (χ1) is 12.5. The van der Waals surface area contributed by atoms with E-state index in [4.69, 9.17) is 5.73 Å². The van der Waals surface area contributed by atoms with Crippen LogP contribution in [-0.2, 0) is 9.59 Å². The molecule has 1 aromatic carbocycles. The third-order valence-corrected chi connectivity index (χ3v) is 7.39. The van der Waals surface area contributed by atoms with Crippen LogP contribution in [0.15, 0.2) is 24.3 Å². The molecule has 5 nitrogen and oxygen atoms in total. The second kappa shape index (κ2) is 5.56. The van der Waals surface area contributed by atoms with Crippen molar-refractivity contribution in [2.75, 3.05) is 19.6 Å². The molecule has 2 amide bonds. The van der Waals surface area contributed by atoms with Crippen molar-refractivity contribution in [1.29, 1.82) is 0 Å². The Labute approximate surface area is 154 Å². The zero-order valence-electron chi connectivity index (χ0n) is 15.4. The van der Waals surface area contributed by atoms with Gasteiger partial charge in [-0.05, 0) is 57.2 Å². The summed E-state index contributed by atoms with van der Waals surface area (Å²) in [4.78, 5) is 29.9. The lowest BCUT2D eigenvalue weighted by Gasteiger charge is -2.51. The highest BCUT2D eigenvalue weighted by atomic mass is 16.2. The fraction of sp³-hybridized carbons (Fsp3) is 0.619. The van der Waals surface area contributed by atoms with Crippen LogP contribution in [0.3, 0.4) is 0 Å². The zero-order chi connectivity index (χ0) is 18.1. The van der Waals surface area contributed by atoms with E-state index in [-0.39, 0.29) is 11.9 Å². The Morgan fingerprint density at radius 2 is 1.73 bits per heavy atom. The van der Waals surface area contributed by atoms with E-state index in [9.17, 15) is 9.59 Å². The molecular weight excluding hydrogens is 326 g/mol. The molecule has 1 aliphatic carbocycles. The number of amides is 2. The van der Waals surface area contributed by atoms with Crippen LogP contribution in [-0.4, -0.2) is 53.3 Å². The van der Waals surface area contributed by atoms with E-state index in [0.717, 1.165) is 32.5 Å². The molecule has 5 fully saturated rings. The lowest BCUT2D eigenvalue weighted by molar-refractivity contribution is -0.146. The summed E-state index contributed by atoms with van der Waals surface area (Å²) in [5.41, 5.74) is 7.28. The average molecular weight is 353 g/mol. The van der Waals surface area contributed by atoms with Crippen molar-refractivity contribution in [3.63, 3.8) is 0 Å². The lowest BCUT2D eigenvalue weighted by atomic mass is 9.75. The number of aryl methyl sites for hydroxylation is 1. The SMILES string of the molecule is Cc1ccc([C@@H]2CN(C(=O)C3(C(N)=O)CC3)[C@H]3C4CCN(CC4)[C@@H]23)cc1. The maximum Gasteiger partial charge on any atom is 0.238 e. The van der Waals surface area contributed by atoms with Crippen LogP contribution in [0.4, 0.5) is 0 Å². The Morgan fingerprint density at radius 3 is 2.31 bits per heavy atom. The normalized spacial score (nSPS) is 36.7. The number of nitrogens with two attached hydrogens (primary N) is 1. The predicted molar refractivity (Wildman–Crippen MR) is 98.4 cm³/mol. The predicted octanol–water partition coefficient (Wildman–Crippen LogP) is 1.65. The molecule has 6 rings (SSSR count). The van der Waals surface area contributed by atoms with Crippen LogP contribution in [0.1, 0.15) is 42.7 Å². The first-order valence-corrected chi connectivity index (χ1v) is 9.93. The van der Waals surface area contributed by atoms with Crippen LogP contribution < -0.4 is 5.73 Å². The van der Waals surface area contributed by atoms with Gasteiger partial charge in [0.1, 0.15) is 5.41 Å². The fourth-order valence-electron chi connectivity index (χ4n) is 5.73. The smallest absolute Gasteiger partial charge is 0.238 e. The van der Waals surface area contributed by atoms with Gasteiger partial charge in [0.25, 0.3) is 0 Å². The topological polar surface area (TPSA) is 66.6 Å². The Bertz CT molecular complexity index is 747. The van der Waals surface area contributed by atoms with Gasteiger partial charge in [-0.15, -0.1) is 0 Å². The van der Waals surface area contributed by atoms with E-state index >= 15 is 0 Å². The maximum atomic E-state index is 13.3. The van der Waals surface area contributed by atoms with Crippen LogP contribution in [0.25, 0.3) is 0 Å². The number of nitrogens with zero attached hydrogens (tertiary/aromatic N) is 2. The van der Waals surface area contributed by atoms with Gasteiger partial charge >= 0.3 is 0 Å². The highest BCUT2D eigenvalue weighted by Gasteiger charge is 2.62. The third kappa shape index (κ3) is 2.19. The number of rotatable bonds is 3. The molecule has 1 saturated carbocycles. The van der Waals surface area contributed by atoms with Crippen molar-refractivity contribution >= 4 is 11.8 Å². The number of hydrogen-bond acceptors (Lipinski definition) is 3. The molecule has 3 atom stereocenters. The van der Waals surface area contributed by atoms with Crippen LogP contribution >= 0.6 is 0 Å². The van der Waals surface area contributed by atoms with Crippen molar-refractivity contribution in [3.8, 4) is 0 Å². The van der Waals surface area contributed by atoms with E-state index in [1.165, 1.54) is 11.1 Å². The van der Waals surface area contributed by atoms with Crippen molar-refractivity contribution < 1.29 is 9.59 Å². The molecule has 2 N–H and O–H groups in total. The summed E-state index contributed by atoms with van der Waals surface area (Å²) in [6.07, 6.45) is 3.57. The average Bonchev–Trinajstić information content (AvgIpc) is 3.37. The Kier molecular flexibility index (Phi) is 3.48. The standard InChI is InChI=1S/C21H27N3O2/c1-13-2-4-14(5-3-13)16-12-24(20(26)21(8-9-21)19(22)25)17-15-6-10-23(11-7-15)18(16)17/h2-5,15-18H,6-12H2,1H3,(H2,22,25)/t16-,17-,18-/m0/s1. The molecule has 26 heavy (non-hydrogen) atoms. The fourth-order valence-corrected chi connectivity index (χ4v) is 5.73. The third-order valence-electron chi connectivity index (χ3n) is 7.39. The molecular formula is C21H27N3O2. The van der Waals surface area contributed by atoms with Gasteiger partial charge in [-0.3, -0.25) is 14.5 Å². The van der Waals surface area contributed by atoms with E-state index in [2.05, 4.69) is 41.0 Å². The number of likely N-dealkylation sites (tertiary alicyclic amines) is 1. The van der Waals surface area contributed by atoms with E-state index < -0.39 is 11.3 Å². The number of fused-ring (bicyclic) bond motifs is 2. The monoisotopic (exact) mass is 353 g/mol. The van der Waals surface area contributed by atoms with E-state index in [1.54, 1.807) is 0 Å². The highest BCUT2D eigenvalue weighted by molar-refractivity contribution is 6.07. The summed E-state index contributed by atoms with van der Waals surface area (Å²) < 4.78 is 0. The quantitative estimate of drug-likeness (QED) is 0.840. The largest absolute Gasteiger partial charge is 0.369 e. The molecule has 5 heteroatoms. The van der Waals surface area contributed by atoms with Crippen LogP contribution in [0, 0.1) is 18.3 Å². The minimum atomic E-state index is -0.904. The molecule has 138 valence electrons. The van der Waals surface area contributed by atoms with Crippen LogP contribution in [0.5, 0.6) is 0 Å². The first kappa shape index (κ1) is 16.3.